The maximum atomic E-state index is 11.3. The summed E-state index contributed by atoms with van der Waals surface area (Å²) in [5, 5.41) is 0. The first-order valence-electron chi connectivity index (χ1n) is 5.12. The van der Waals surface area contributed by atoms with Gasteiger partial charge in [-0.3, -0.25) is 14.5 Å². The topological polar surface area (TPSA) is 37.4 Å². The first kappa shape index (κ1) is 9.44. The van der Waals surface area contributed by atoms with E-state index >= 15 is 0 Å². The molecule has 1 aliphatic carbocycles. The molecule has 14 heavy (non-hydrogen) atoms. The van der Waals surface area contributed by atoms with Crippen LogP contribution in [0.25, 0.3) is 0 Å². The normalized spacial score (nSPS) is 23.6. The summed E-state index contributed by atoms with van der Waals surface area (Å²) in [4.78, 5) is 23.9. The molecule has 75 valence electrons. The Hall–Kier alpha value is -1.12. The minimum absolute atomic E-state index is 0.152. The lowest BCUT2D eigenvalue weighted by Crippen LogP contribution is -2.35. The van der Waals surface area contributed by atoms with Gasteiger partial charge in [-0.25, -0.2) is 0 Å². The van der Waals surface area contributed by atoms with Gasteiger partial charge in [0.15, 0.2) is 0 Å². The summed E-state index contributed by atoms with van der Waals surface area (Å²) < 4.78 is 0. The Morgan fingerprint density at radius 3 is 2.57 bits per heavy atom. The lowest BCUT2D eigenvalue weighted by molar-refractivity contribution is -0.137. The monoisotopic (exact) mass is 192 g/mol. The third kappa shape index (κ3) is 1.86. The van der Waals surface area contributed by atoms with Gasteiger partial charge in [-0.2, -0.15) is 0 Å². The van der Waals surface area contributed by atoms with Crippen LogP contribution < -0.4 is 0 Å². The number of carbonyl (C=O) groups excluding carboxylic acids is 2. The smallest absolute Gasteiger partial charge is 0.253 e. The number of hydrogen-bond donors (Lipinski definition) is 0. The summed E-state index contributed by atoms with van der Waals surface area (Å²) >= 11 is 0. The number of rotatable bonds is 2. The fraction of sp³-hybridized carbons (Fsp3) is 0.545. The van der Waals surface area contributed by atoms with Crippen molar-refractivity contribution in [3.63, 3.8) is 0 Å². The standard InChI is InChI=1S/C11H14NO2/c13-10-6-7-11(14)12(10)8-9-4-2-1-3-5-9/h2,6-7,9H,1,3-5,8H2. The summed E-state index contributed by atoms with van der Waals surface area (Å²) in [5.41, 5.74) is 0. The van der Waals surface area contributed by atoms with Crippen molar-refractivity contribution < 1.29 is 9.59 Å². The summed E-state index contributed by atoms with van der Waals surface area (Å²) in [6.07, 6.45) is 9.51. The Bertz CT molecular complexity index is 259. The average molecular weight is 192 g/mol. The van der Waals surface area contributed by atoms with Gasteiger partial charge in [0.25, 0.3) is 11.8 Å². The number of imide groups is 1. The molecule has 0 spiro atoms. The van der Waals surface area contributed by atoms with E-state index in [9.17, 15) is 9.59 Å². The highest BCUT2D eigenvalue weighted by atomic mass is 16.2. The van der Waals surface area contributed by atoms with E-state index in [1.807, 2.05) is 0 Å². The molecule has 0 aromatic carbocycles. The van der Waals surface area contributed by atoms with Crippen molar-refractivity contribution in [1.82, 2.24) is 4.90 Å². The zero-order valence-corrected chi connectivity index (χ0v) is 8.11. The Morgan fingerprint density at radius 1 is 1.29 bits per heavy atom. The van der Waals surface area contributed by atoms with E-state index in [-0.39, 0.29) is 11.8 Å². The average Bonchev–Trinajstić information content (AvgIpc) is 2.51. The van der Waals surface area contributed by atoms with Crippen LogP contribution in [0.4, 0.5) is 0 Å². The molecule has 1 atom stereocenters. The SMILES string of the molecule is O=C1C=CC(=O)N1CC1C[CH]CCC1. The molecule has 3 nitrogen and oxygen atoms in total. The van der Waals surface area contributed by atoms with E-state index in [0.29, 0.717) is 12.5 Å². The van der Waals surface area contributed by atoms with Crippen molar-refractivity contribution in [2.45, 2.75) is 25.7 Å². The maximum absolute atomic E-state index is 11.3. The largest absolute Gasteiger partial charge is 0.275 e. The fourth-order valence-electron chi connectivity index (χ4n) is 2.06. The first-order chi connectivity index (χ1) is 6.77. The summed E-state index contributed by atoms with van der Waals surface area (Å²) in [7, 11) is 0. The van der Waals surface area contributed by atoms with Crippen LogP contribution in [0.2, 0.25) is 0 Å². The van der Waals surface area contributed by atoms with Crippen LogP contribution >= 0.6 is 0 Å². The molecule has 0 aromatic heterocycles. The minimum Gasteiger partial charge on any atom is -0.275 e. The van der Waals surface area contributed by atoms with Crippen LogP contribution in [0, 0.1) is 12.3 Å². The molecule has 1 heterocycles. The van der Waals surface area contributed by atoms with Crippen molar-refractivity contribution >= 4 is 11.8 Å². The Morgan fingerprint density at radius 2 is 2.00 bits per heavy atom. The Labute approximate surface area is 83.8 Å². The number of nitrogens with zero attached hydrogens (tertiary/aromatic N) is 1. The van der Waals surface area contributed by atoms with Gasteiger partial charge in [0.05, 0.1) is 0 Å². The van der Waals surface area contributed by atoms with Crippen LogP contribution in [0.15, 0.2) is 12.2 Å². The minimum atomic E-state index is -0.152. The molecule has 0 saturated heterocycles. The highest BCUT2D eigenvalue weighted by Crippen LogP contribution is 2.24. The van der Waals surface area contributed by atoms with E-state index < -0.39 is 0 Å². The molecule has 2 amide bonds. The van der Waals surface area contributed by atoms with E-state index in [2.05, 4.69) is 6.42 Å². The highest BCUT2D eigenvalue weighted by molar-refractivity contribution is 6.12. The molecule has 0 bridgehead atoms. The second-order valence-corrected chi connectivity index (χ2v) is 3.94. The third-order valence-electron chi connectivity index (χ3n) is 2.86. The van der Waals surface area contributed by atoms with Crippen molar-refractivity contribution in [3.8, 4) is 0 Å². The lowest BCUT2D eigenvalue weighted by Gasteiger charge is -2.25. The zero-order valence-electron chi connectivity index (χ0n) is 8.11. The second-order valence-electron chi connectivity index (χ2n) is 3.94. The van der Waals surface area contributed by atoms with Crippen LogP contribution in [-0.4, -0.2) is 23.3 Å². The molecule has 2 rings (SSSR count). The van der Waals surface area contributed by atoms with Crippen LogP contribution in [0.5, 0.6) is 0 Å². The highest BCUT2D eigenvalue weighted by Gasteiger charge is 2.26. The van der Waals surface area contributed by atoms with Gasteiger partial charge >= 0.3 is 0 Å². The van der Waals surface area contributed by atoms with Gasteiger partial charge < -0.3 is 0 Å². The molecule has 2 aliphatic rings. The van der Waals surface area contributed by atoms with E-state index in [4.69, 9.17) is 0 Å². The Balaban J connectivity index is 1.90. The van der Waals surface area contributed by atoms with Crippen LogP contribution in [0.3, 0.4) is 0 Å². The van der Waals surface area contributed by atoms with Gasteiger partial charge in [0.1, 0.15) is 0 Å². The summed E-state index contributed by atoms with van der Waals surface area (Å²) in [5.74, 6) is 0.178. The molecule has 3 heteroatoms. The third-order valence-corrected chi connectivity index (χ3v) is 2.86. The van der Waals surface area contributed by atoms with Gasteiger partial charge in [0.2, 0.25) is 0 Å². The van der Waals surface area contributed by atoms with Gasteiger partial charge in [-0.05, 0) is 25.2 Å². The molecule has 1 radical (unpaired) electrons. The van der Waals surface area contributed by atoms with Crippen molar-refractivity contribution in [3.05, 3.63) is 18.6 Å². The molecule has 1 aliphatic heterocycles. The molecule has 1 fully saturated rings. The van der Waals surface area contributed by atoms with Gasteiger partial charge in [-0.1, -0.05) is 12.8 Å². The van der Waals surface area contributed by atoms with Gasteiger partial charge in [0, 0.05) is 18.7 Å². The molecular formula is C11H14NO2. The van der Waals surface area contributed by atoms with Crippen molar-refractivity contribution in [1.29, 1.82) is 0 Å². The first-order valence-corrected chi connectivity index (χ1v) is 5.12. The lowest BCUT2D eigenvalue weighted by atomic mass is 9.89. The summed E-state index contributed by atoms with van der Waals surface area (Å²) in [6.45, 7) is 0.598. The van der Waals surface area contributed by atoms with E-state index in [0.717, 1.165) is 12.8 Å². The quantitative estimate of drug-likeness (QED) is 0.618. The van der Waals surface area contributed by atoms with E-state index in [1.54, 1.807) is 0 Å². The molecule has 1 saturated carbocycles. The molecular weight excluding hydrogens is 178 g/mol. The van der Waals surface area contributed by atoms with Crippen molar-refractivity contribution in [2.75, 3.05) is 6.54 Å². The predicted molar refractivity (Wildman–Crippen MR) is 52.1 cm³/mol. The van der Waals surface area contributed by atoms with E-state index in [1.165, 1.54) is 29.9 Å². The van der Waals surface area contributed by atoms with Crippen LogP contribution in [0.1, 0.15) is 25.7 Å². The molecule has 1 unspecified atom stereocenters. The van der Waals surface area contributed by atoms with Crippen LogP contribution in [-0.2, 0) is 9.59 Å². The number of carbonyl (C=O) groups is 2. The summed E-state index contributed by atoms with van der Waals surface area (Å²) in [6, 6.07) is 0. The number of amides is 2. The molecule has 0 N–H and O–H groups in total. The predicted octanol–water partition coefficient (Wildman–Crippen LogP) is 1.31. The maximum Gasteiger partial charge on any atom is 0.253 e. The Kier molecular flexibility index (Phi) is 2.66. The molecule has 0 aromatic rings. The van der Waals surface area contributed by atoms with Crippen molar-refractivity contribution in [2.24, 2.45) is 5.92 Å². The fourth-order valence-corrected chi connectivity index (χ4v) is 2.06. The number of hydrogen-bond acceptors (Lipinski definition) is 2. The zero-order chi connectivity index (χ0) is 9.97. The van der Waals surface area contributed by atoms with Gasteiger partial charge in [-0.15, -0.1) is 0 Å². The second kappa shape index (κ2) is 3.95.